The molecule has 148 valence electrons. The summed E-state index contributed by atoms with van der Waals surface area (Å²) in [5, 5.41) is 11.1. The van der Waals surface area contributed by atoms with E-state index >= 15 is 0 Å². The molecule has 1 aliphatic carbocycles. The van der Waals surface area contributed by atoms with Crippen LogP contribution < -0.4 is 10.2 Å². The fraction of sp³-hybridized carbons (Fsp3) is 0.500. The number of carbonyl (C=O) groups is 1. The standard InChI is InChI=1S/C20H24FN5O2/c21-15-7-5-14(6-8-15)18-13-22-25-19(24-18)26-11-9-17(10-12-26)28-20(27)23-16-3-1-2-4-16/h5-8,13,16-17H,1-4,9-12H2,(H,23,27). The number of ether oxygens (including phenoxy) is 1. The highest BCUT2D eigenvalue weighted by molar-refractivity contribution is 5.67. The average Bonchev–Trinajstić information content (AvgIpc) is 3.22. The van der Waals surface area contributed by atoms with Gasteiger partial charge in [0, 0.05) is 37.5 Å². The molecule has 1 amide bonds. The zero-order valence-electron chi connectivity index (χ0n) is 15.7. The van der Waals surface area contributed by atoms with Crippen LogP contribution in [0.3, 0.4) is 0 Å². The Hall–Kier alpha value is -2.77. The van der Waals surface area contributed by atoms with Crippen molar-refractivity contribution in [1.29, 1.82) is 0 Å². The lowest BCUT2D eigenvalue weighted by Crippen LogP contribution is -2.41. The molecule has 0 radical (unpaired) electrons. The summed E-state index contributed by atoms with van der Waals surface area (Å²) in [6.45, 7) is 1.38. The molecular formula is C20H24FN5O2. The van der Waals surface area contributed by atoms with E-state index in [2.05, 4.69) is 20.5 Å². The lowest BCUT2D eigenvalue weighted by Gasteiger charge is -2.31. The van der Waals surface area contributed by atoms with Gasteiger partial charge in [0.1, 0.15) is 11.9 Å². The Bertz CT molecular complexity index is 802. The molecule has 28 heavy (non-hydrogen) atoms. The van der Waals surface area contributed by atoms with Crippen molar-refractivity contribution in [3.8, 4) is 11.3 Å². The van der Waals surface area contributed by atoms with Crippen molar-refractivity contribution in [2.45, 2.75) is 50.7 Å². The van der Waals surface area contributed by atoms with Gasteiger partial charge in [0.25, 0.3) is 0 Å². The van der Waals surface area contributed by atoms with Crippen LogP contribution in [0.5, 0.6) is 0 Å². The van der Waals surface area contributed by atoms with Gasteiger partial charge >= 0.3 is 6.09 Å². The van der Waals surface area contributed by atoms with Gasteiger partial charge in [-0.05, 0) is 37.1 Å². The van der Waals surface area contributed by atoms with E-state index < -0.39 is 0 Å². The van der Waals surface area contributed by atoms with Crippen LogP contribution in [0.4, 0.5) is 15.1 Å². The second kappa shape index (κ2) is 8.50. The van der Waals surface area contributed by atoms with E-state index in [0.717, 1.165) is 31.2 Å². The molecule has 1 aromatic heterocycles. The number of hydrogen-bond acceptors (Lipinski definition) is 6. The molecule has 0 unspecified atom stereocenters. The number of piperidine rings is 1. The van der Waals surface area contributed by atoms with E-state index in [1.165, 1.54) is 25.0 Å². The smallest absolute Gasteiger partial charge is 0.407 e. The molecule has 0 bridgehead atoms. The van der Waals surface area contributed by atoms with Gasteiger partial charge in [-0.1, -0.05) is 12.8 Å². The highest BCUT2D eigenvalue weighted by Gasteiger charge is 2.25. The lowest BCUT2D eigenvalue weighted by molar-refractivity contribution is 0.0805. The Morgan fingerprint density at radius 1 is 1.11 bits per heavy atom. The summed E-state index contributed by atoms with van der Waals surface area (Å²) < 4.78 is 18.7. The van der Waals surface area contributed by atoms with Gasteiger partial charge in [-0.3, -0.25) is 0 Å². The maximum Gasteiger partial charge on any atom is 0.407 e. The maximum absolute atomic E-state index is 13.1. The summed E-state index contributed by atoms with van der Waals surface area (Å²) in [5.41, 5.74) is 1.44. The number of alkyl carbamates (subject to hydrolysis) is 1. The largest absolute Gasteiger partial charge is 0.446 e. The van der Waals surface area contributed by atoms with Crippen LogP contribution in [0.1, 0.15) is 38.5 Å². The number of anilines is 1. The van der Waals surface area contributed by atoms with Gasteiger partial charge in [-0.15, -0.1) is 5.10 Å². The molecule has 2 fully saturated rings. The number of nitrogens with zero attached hydrogens (tertiary/aromatic N) is 4. The molecule has 0 atom stereocenters. The third-order valence-corrected chi connectivity index (χ3v) is 5.36. The van der Waals surface area contributed by atoms with Crippen LogP contribution in [0.25, 0.3) is 11.3 Å². The first-order chi connectivity index (χ1) is 13.7. The number of amides is 1. The summed E-state index contributed by atoms with van der Waals surface area (Å²) in [4.78, 5) is 18.6. The van der Waals surface area contributed by atoms with E-state index in [4.69, 9.17) is 4.74 Å². The number of nitrogens with one attached hydrogen (secondary N) is 1. The SMILES string of the molecule is O=C(NC1CCCC1)OC1CCN(c2nncc(-c3ccc(F)cc3)n2)CC1. The summed E-state index contributed by atoms with van der Waals surface area (Å²) in [7, 11) is 0. The molecule has 4 rings (SSSR count). The first-order valence-electron chi connectivity index (χ1n) is 9.85. The van der Waals surface area contributed by atoms with Crippen molar-refractivity contribution in [3.63, 3.8) is 0 Å². The van der Waals surface area contributed by atoms with Gasteiger partial charge in [-0.2, -0.15) is 5.10 Å². The minimum absolute atomic E-state index is 0.0918. The molecule has 2 heterocycles. The second-order valence-electron chi connectivity index (χ2n) is 7.37. The molecule has 1 N–H and O–H groups in total. The van der Waals surface area contributed by atoms with E-state index in [0.29, 0.717) is 24.7 Å². The molecule has 1 saturated heterocycles. The third kappa shape index (κ3) is 4.55. The van der Waals surface area contributed by atoms with E-state index in [1.54, 1.807) is 18.3 Å². The predicted molar refractivity (Wildman–Crippen MR) is 102 cm³/mol. The highest BCUT2D eigenvalue weighted by Crippen LogP contribution is 2.22. The predicted octanol–water partition coefficient (Wildman–Crippen LogP) is 3.32. The summed E-state index contributed by atoms with van der Waals surface area (Å²) in [5.74, 6) is 0.251. The Kier molecular flexibility index (Phi) is 5.64. The molecule has 7 nitrogen and oxygen atoms in total. The van der Waals surface area contributed by atoms with Crippen LogP contribution in [0, 0.1) is 5.82 Å². The molecule has 0 spiro atoms. The molecule has 8 heteroatoms. The van der Waals surface area contributed by atoms with Crippen LogP contribution >= 0.6 is 0 Å². The van der Waals surface area contributed by atoms with Gasteiger partial charge < -0.3 is 15.0 Å². The third-order valence-electron chi connectivity index (χ3n) is 5.36. The first-order valence-corrected chi connectivity index (χ1v) is 9.85. The van der Waals surface area contributed by atoms with Crippen LogP contribution in [0.2, 0.25) is 0 Å². The second-order valence-corrected chi connectivity index (χ2v) is 7.37. The topological polar surface area (TPSA) is 80.2 Å². The number of aromatic nitrogens is 3. The molecular weight excluding hydrogens is 361 g/mol. The van der Waals surface area contributed by atoms with Crippen molar-refractivity contribution >= 4 is 12.0 Å². The van der Waals surface area contributed by atoms with Gasteiger partial charge in [-0.25, -0.2) is 14.2 Å². The van der Waals surface area contributed by atoms with Crippen LogP contribution in [-0.2, 0) is 4.74 Å². The van der Waals surface area contributed by atoms with Gasteiger partial charge in [0.2, 0.25) is 5.95 Å². The minimum Gasteiger partial charge on any atom is -0.446 e. The summed E-state index contributed by atoms with van der Waals surface area (Å²) >= 11 is 0. The van der Waals surface area contributed by atoms with Crippen molar-refractivity contribution in [1.82, 2.24) is 20.5 Å². The Balaban J connectivity index is 1.31. The van der Waals surface area contributed by atoms with E-state index in [1.807, 2.05) is 4.90 Å². The van der Waals surface area contributed by atoms with Gasteiger partial charge in [0.05, 0.1) is 11.9 Å². The minimum atomic E-state index is -0.304. The van der Waals surface area contributed by atoms with E-state index in [-0.39, 0.29) is 24.1 Å². The quantitative estimate of drug-likeness (QED) is 0.870. The molecule has 1 saturated carbocycles. The number of carbonyl (C=O) groups excluding carboxylic acids is 1. The Morgan fingerprint density at radius 3 is 2.54 bits per heavy atom. The maximum atomic E-state index is 13.1. The molecule has 1 aromatic carbocycles. The fourth-order valence-corrected chi connectivity index (χ4v) is 3.78. The average molecular weight is 385 g/mol. The van der Waals surface area contributed by atoms with Crippen molar-refractivity contribution < 1.29 is 13.9 Å². The van der Waals surface area contributed by atoms with Crippen molar-refractivity contribution in [3.05, 3.63) is 36.3 Å². The Labute approximate surface area is 163 Å². The lowest BCUT2D eigenvalue weighted by atomic mass is 10.1. The fourth-order valence-electron chi connectivity index (χ4n) is 3.78. The molecule has 1 aliphatic heterocycles. The normalized spacial score (nSPS) is 18.2. The monoisotopic (exact) mass is 385 g/mol. The first kappa shape index (κ1) is 18.6. The van der Waals surface area contributed by atoms with E-state index in [9.17, 15) is 9.18 Å². The van der Waals surface area contributed by atoms with Crippen molar-refractivity contribution in [2.75, 3.05) is 18.0 Å². The van der Waals surface area contributed by atoms with Crippen molar-refractivity contribution in [2.24, 2.45) is 0 Å². The number of benzene rings is 1. The zero-order chi connectivity index (χ0) is 19.3. The Morgan fingerprint density at radius 2 is 1.82 bits per heavy atom. The number of rotatable bonds is 4. The van der Waals surface area contributed by atoms with Crippen LogP contribution in [-0.4, -0.2) is 46.5 Å². The number of halogens is 1. The zero-order valence-corrected chi connectivity index (χ0v) is 15.7. The molecule has 2 aromatic rings. The van der Waals surface area contributed by atoms with Crippen LogP contribution in [0.15, 0.2) is 30.5 Å². The summed E-state index contributed by atoms with van der Waals surface area (Å²) in [6, 6.07) is 6.41. The molecule has 2 aliphatic rings. The highest BCUT2D eigenvalue weighted by atomic mass is 19.1. The van der Waals surface area contributed by atoms with Gasteiger partial charge in [0.15, 0.2) is 0 Å². The number of hydrogen-bond donors (Lipinski definition) is 1. The summed E-state index contributed by atoms with van der Waals surface area (Å²) in [6.07, 6.45) is 7.06.